The molecule has 1 aromatic heterocycles. The van der Waals surface area contributed by atoms with Gasteiger partial charge in [-0.25, -0.2) is 4.79 Å². The summed E-state index contributed by atoms with van der Waals surface area (Å²) in [5.74, 6) is -3.77. The highest BCUT2D eigenvalue weighted by atomic mass is 19.4. The first-order valence-corrected chi connectivity index (χ1v) is 9.16. The van der Waals surface area contributed by atoms with Gasteiger partial charge >= 0.3 is 11.9 Å². The molecule has 14 heteroatoms. The van der Waals surface area contributed by atoms with Crippen molar-refractivity contribution in [1.29, 1.82) is 0 Å². The Labute approximate surface area is 183 Å². The molecule has 2 amide bonds. The molecule has 0 bridgehead atoms. The van der Waals surface area contributed by atoms with Gasteiger partial charge in [0.05, 0.1) is 21.3 Å². The third kappa shape index (κ3) is 3.29. The van der Waals surface area contributed by atoms with Crippen molar-refractivity contribution in [2.24, 2.45) is 14.1 Å². The lowest BCUT2D eigenvalue weighted by Crippen LogP contribution is -2.62. The molecule has 1 unspecified atom stereocenters. The SMILES string of the molecule is COc1cc(C(=O)NC2(C(F)(F)F)C(=O)Nc3c2c(=O)n(C)c(=O)n3C)cc(OC)c1OC. The molecule has 0 saturated carbocycles. The number of alkyl halides is 3. The summed E-state index contributed by atoms with van der Waals surface area (Å²) in [7, 11) is 5.80. The molecule has 0 fully saturated rings. The molecule has 1 aliphatic heterocycles. The van der Waals surface area contributed by atoms with E-state index in [1.807, 2.05) is 5.32 Å². The quantitative estimate of drug-likeness (QED) is 0.638. The van der Waals surface area contributed by atoms with Gasteiger partial charge < -0.3 is 24.8 Å². The number of amides is 2. The van der Waals surface area contributed by atoms with E-state index in [2.05, 4.69) is 0 Å². The van der Waals surface area contributed by atoms with E-state index in [1.165, 1.54) is 21.3 Å². The number of benzene rings is 1. The molecule has 0 radical (unpaired) electrons. The van der Waals surface area contributed by atoms with E-state index < -0.39 is 46.2 Å². The number of fused-ring (bicyclic) bond motifs is 1. The molecule has 2 aromatic rings. The van der Waals surface area contributed by atoms with Crippen LogP contribution in [0.5, 0.6) is 17.2 Å². The number of hydrogen-bond donors (Lipinski definition) is 2. The molecule has 0 aliphatic carbocycles. The molecule has 1 aromatic carbocycles. The predicted octanol–water partition coefficient (Wildman–Crippen LogP) is 0.250. The number of hydrogen-bond acceptors (Lipinski definition) is 7. The second kappa shape index (κ2) is 7.86. The summed E-state index contributed by atoms with van der Waals surface area (Å²) in [5, 5.41) is 3.55. The Morgan fingerprint density at radius 1 is 1.00 bits per heavy atom. The zero-order chi connectivity index (χ0) is 24.9. The van der Waals surface area contributed by atoms with Crippen molar-refractivity contribution in [2.75, 3.05) is 26.6 Å². The minimum Gasteiger partial charge on any atom is -0.493 e. The van der Waals surface area contributed by atoms with Crippen LogP contribution in [0.2, 0.25) is 0 Å². The monoisotopic (exact) mass is 472 g/mol. The van der Waals surface area contributed by atoms with Crippen LogP contribution in [-0.2, 0) is 24.4 Å². The Hall–Kier alpha value is -3.97. The number of carbonyl (C=O) groups excluding carboxylic acids is 2. The number of rotatable bonds is 5. The van der Waals surface area contributed by atoms with E-state index in [-0.39, 0.29) is 22.8 Å². The highest BCUT2D eigenvalue weighted by Gasteiger charge is 2.68. The summed E-state index contributed by atoms with van der Waals surface area (Å²) in [6, 6.07) is 2.15. The van der Waals surface area contributed by atoms with Gasteiger partial charge in [-0.15, -0.1) is 0 Å². The molecule has 2 N–H and O–H groups in total. The van der Waals surface area contributed by atoms with Crippen LogP contribution in [0.25, 0.3) is 0 Å². The molecule has 1 aliphatic rings. The van der Waals surface area contributed by atoms with Crippen LogP contribution in [0, 0.1) is 0 Å². The summed E-state index contributed by atoms with van der Waals surface area (Å²) < 4.78 is 59.6. The summed E-state index contributed by atoms with van der Waals surface area (Å²) in [6.07, 6.45) is -5.46. The van der Waals surface area contributed by atoms with E-state index in [4.69, 9.17) is 14.2 Å². The van der Waals surface area contributed by atoms with Crippen LogP contribution in [0.4, 0.5) is 19.0 Å². The van der Waals surface area contributed by atoms with E-state index >= 15 is 0 Å². The Morgan fingerprint density at radius 2 is 1.55 bits per heavy atom. The van der Waals surface area contributed by atoms with Crippen molar-refractivity contribution in [3.05, 3.63) is 44.1 Å². The number of aromatic nitrogens is 2. The second-order valence-corrected chi connectivity index (χ2v) is 7.00. The van der Waals surface area contributed by atoms with Crippen molar-refractivity contribution in [3.63, 3.8) is 0 Å². The average Bonchev–Trinajstić information content (AvgIpc) is 3.08. The van der Waals surface area contributed by atoms with Gasteiger partial charge in [-0.05, 0) is 12.1 Å². The maximum absolute atomic E-state index is 14.4. The van der Waals surface area contributed by atoms with Crippen molar-refractivity contribution in [1.82, 2.24) is 14.5 Å². The van der Waals surface area contributed by atoms with E-state index in [0.29, 0.717) is 9.13 Å². The number of nitrogens with one attached hydrogen (secondary N) is 2. The number of nitrogens with zero attached hydrogens (tertiary/aromatic N) is 2. The Kier molecular flexibility index (Phi) is 5.65. The van der Waals surface area contributed by atoms with E-state index in [1.54, 1.807) is 5.32 Å². The third-order valence-electron chi connectivity index (χ3n) is 5.27. The topological polar surface area (TPSA) is 130 Å². The number of anilines is 1. The number of methoxy groups -OCH3 is 3. The molecule has 2 heterocycles. The lowest BCUT2D eigenvalue weighted by molar-refractivity contribution is -0.196. The van der Waals surface area contributed by atoms with Gasteiger partial charge in [-0.1, -0.05) is 0 Å². The predicted molar refractivity (Wildman–Crippen MR) is 107 cm³/mol. The van der Waals surface area contributed by atoms with E-state index in [9.17, 15) is 32.3 Å². The zero-order valence-electron chi connectivity index (χ0n) is 18.0. The van der Waals surface area contributed by atoms with Crippen molar-refractivity contribution < 1.29 is 37.0 Å². The normalized spacial score (nSPS) is 17.3. The minimum absolute atomic E-state index is 0.0300. The summed E-state index contributed by atoms with van der Waals surface area (Å²) in [6.45, 7) is 0. The molecule has 11 nitrogen and oxygen atoms in total. The number of ether oxygens (including phenoxy) is 3. The van der Waals surface area contributed by atoms with Gasteiger partial charge in [0, 0.05) is 19.7 Å². The Bertz CT molecular complexity index is 1260. The van der Waals surface area contributed by atoms with E-state index in [0.717, 1.165) is 26.2 Å². The van der Waals surface area contributed by atoms with Crippen LogP contribution in [-0.4, -0.2) is 48.5 Å². The lowest BCUT2D eigenvalue weighted by atomic mass is 9.91. The highest BCUT2D eigenvalue weighted by molar-refractivity contribution is 6.09. The fourth-order valence-electron chi connectivity index (χ4n) is 3.56. The summed E-state index contributed by atoms with van der Waals surface area (Å²) in [4.78, 5) is 50.5. The fourth-order valence-corrected chi connectivity index (χ4v) is 3.56. The first kappa shape index (κ1) is 23.7. The smallest absolute Gasteiger partial charge is 0.425 e. The molecule has 1 atom stereocenters. The summed E-state index contributed by atoms with van der Waals surface area (Å²) >= 11 is 0. The van der Waals surface area contributed by atoms with Gasteiger partial charge in [-0.2, -0.15) is 13.2 Å². The first-order chi connectivity index (χ1) is 15.3. The number of carbonyl (C=O) groups is 2. The largest absolute Gasteiger partial charge is 0.493 e. The van der Waals surface area contributed by atoms with Crippen LogP contribution in [0.3, 0.4) is 0 Å². The van der Waals surface area contributed by atoms with Crippen LogP contribution < -0.4 is 36.1 Å². The maximum atomic E-state index is 14.4. The maximum Gasteiger partial charge on any atom is 0.425 e. The molecular weight excluding hydrogens is 453 g/mol. The molecule has 0 saturated heterocycles. The van der Waals surface area contributed by atoms with Gasteiger partial charge in [0.15, 0.2) is 11.5 Å². The van der Waals surface area contributed by atoms with Crippen LogP contribution >= 0.6 is 0 Å². The summed E-state index contributed by atoms with van der Waals surface area (Å²) in [5.41, 5.74) is -7.64. The van der Waals surface area contributed by atoms with Crippen LogP contribution in [0.1, 0.15) is 15.9 Å². The van der Waals surface area contributed by atoms with Crippen LogP contribution in [0.15, 0.2) is 21.7 Å². The average molecular weight is 472 g/mol. The molecular formula is C19H19F3N4O7. The van der Waals surface area contributed by atoms with Crippen molar-refractivity contribution in [2.45, 2.75) is 11.7 Å². The molecule has 33 heavy (non-hydrogen) atoms. The van der Waals surface area contributed by atoms with Crippen molar-refractivity contribution in [3.8, 4) is 17.2 Å². The highest BCUT2D eigenvalue weighted by Crippen LogP contribution is 2.45. The third-order valence-corrected chi connectivity index (χ3v) is 5.27. The standard InChI is InChI=1S/C19H19F3N4O7/c1-25-13-11(15(28)26(2)17(25)30)18(16(29)23-13,19(20,21)22)24-14(27)8-6-9(31-3)12(33-5)10(7-8)32-4/h6-7H,1-5H3,(H,23,29)(H,24,27). The molecule has 3 rings (SSSR count). The first-order valence-electron chi connectivity index (χ1n) is 9.16. The van der Waals surface area contributed by atoms with Gasteiger partial charge in [0.1, 0.15) is 11.4 Å². The fraction of sp³-hybridized carbons (Fsp3) is 0.368. The second-order valence-electron chi connectivity index (χ2n) is 7.00. The van der Waals surface area contributed by atoms with Gasteiger partial charge in [0.2, 0.25) is 5.75 Å². The molecule has 178 valence electrons. The van der Waals surface area contributed by atoms with Crippen molar-refractivity contribution >= 4 is 17.6 Å². The van der Waals surface area contributed by atoms with Gasteiger partial charge in [-0.3, -0.25) is 23.5 Å². The number of halogens is 3. The van der Waals surface area contributed by atoms with Gasteiger partial charge in [0.25, 0.3) is 22.9 Å². The Morgan fingerprint density at radius 3 is 2.00 bits per heavy atom. The minimum atomic E-state index is -5.46. The lowest BCUT2D eigenvalue weighted by Gasteiger charge is -2.30. The zero-order valence-corrected chi connectivity index (χ0v) is 18.0. The molecule has 0 spiro atoms. The Balaban J connectivity index is 2.26.